The Morgan fingerprint density at radius 3 is 2.24 bits per heavy atom. The van der Waals surface area contributed by atoms with Crippen LogP contribution in [0.15, 0.2) is 65.6 Å². The molecule has 1 aliphatic heterocycles. The van der Waals surface area contributed by atoms with E-state index in [1.807, 2.05) is 36.4 Å². The Balaban J connectivity index is 1.84. The molecule has 0 spiro atoms. The van der Waals surface area contributed by atoms with Crippen molar-refractivity contribution in [1.29, 1.82) is 0 Å². The number of rotatable bonds is 3. The SMILES string of the molecule is O=S(=O)(c1ccccc1)N1CCO[C@H](c2ccccc2)C1. The van der Waals surface area contributed by atoms with E-state index in [0.717, 1.165) is 5.56 Å². The first-order chi connectivity index (χ1) is 10.2. The van der Waals surface area contributed by atoms with Crippen molar-refractivity contribution in [2.45, 2.75) is 11.0 Å². The number of nitrogens with zero attached hydrogens (tertiary/aromatic N) is 1. The third kappa shape index (κ3) is 3.00. The average Bonchev–Trinajstić information content (AvgIpc) is 2.57. The van der Waals surface area contributed by atoms with Gasteiger partial charge in [-0.15, -0.1) is 0 Å². The van der Waals surface area contributed by atoms with Crippen molar-refractivity contribution < 1.29 is 13.2 Å². The summed E-state index contributed by atoms with van der Waals surface area (Å²) >= 11 is 0. The highest BCUT2D eigenvalue weighted by molar-refractivity contribution is 7.89. The van der Waals surface area contributed by atoms with Crippen LogP contribution in [0.1, 0.15) is 11.7 Å². The maximum absolute atomic E-state index is 12.6. The number of ether oxygens (including phenoxy) is 1. The molecular formula is C16H17NO3S. The van der Waals surface area contributed by atoms with Gasteiger partial charge in [0.2, 0.25) is 10.0 Å². The lowest BCUT2D eigenvalue weighted by Crippen LogP contribution is -2.42. The van der Waals surface area contributed by atoms with Crippen molar-refractivity contribution in [3.8, 4) is 0 Å². The van der Waals surface area contributed by atoms with E-state index in [0.29, 0.717) is 24.6 Å². The summed E-state index contributed by atoms with van der Waals surface area (Å²) < 4.78 is 32.5. The highest BCUT2D eigenvalue weighted by Crippen LogP contribution is 2.26. The number of morpholine rings is 1. The van der Waals surface area contributed by atoms with Gasteiger partial charge in [-0.25, -0.2) is 8.42 Å². The second-order valence-electron chi connectivity index (χ2n) is 4.95. The molecule has 0 aromatic heterocycles. The van der Waals surface area contributed by atoms with E-state index in [1.165, 1.54) is 4.31 Å². The second-order valence-corrected chi connectivity index (χ2v) is 6.88. The predicted octanol–water partition coefficient (Wildman–Crippen LogP) is 2.45. The molecule has 2 aromatic carbocycles. The summed E-state index contributed by atoms with van der Waals surface area (Å²) in [6, 6.07) is 18.3. The van der Waals surface area contributed by atoms with Gasteiger partial charge in [-0.3, -0.25) is 0 Å². The number of hydrogen-bond acceptors (Lipinski definition) is 3. The topological polar surface area (TPSA) is 46.6 Å². The minimum absolute atomic E-state index is 0.210. The van der Waals surface area contributed by atoms with E-state index in [4.69, 9.17) is 4.74 Å². The van der Waals surface area contributed by atoms with E-state index in [9.17, 15) is 8.42 Å². The minimum Gasteiger partial charge on any atom is -0.371 e. The van der Waals surface area contributed by atoms with E-state index in [1.54, 1.807) is 24.3 Å². The molecule has 5 heteroatoms. The van der Waals surface area contributed by atoms with Gasteiger partial charge in [0.1, 0.15) is 0 Å². The molecule has 0 bridgehead atoms. The smallest absolute Gasteiger partial charge is 0.243 e. The van der Waals surface area contributed by atoms with Crippen molar-refractivity contribution in [2.75, 3.05) is 19.7 Å². The maximum Gasteiger partial charge on any atom is 0.243 e. The quantitative estimate of drug-likeness (QED) is 0.875. The third-order valence-corrected chi connectivity index (χ3v) is 5.46. The number of hydrogen-bond donors (Lipinski definition) is 0. The van der Waals surface area contributed by atoms with Gasteiger partial charge < -0.3 is 4.74 Å². The van der Waals surface area contributed by atoms with E-state index >= 15 is 0 Å². The molecule has 3 rings (SSSR count). The Morgan fingerprint density at radius 1 is 0.952 bits per heavy atom. The second kappa shape index (κ2) is 5.97. The summed E-state index contributed by atoms with van der Waals surface area (Å²) in [5.41, 5.74) is 1.01. The summed E-state index contributed by atoms with van der Waals surface area (Å²) in [4.78, 5) is 0.332. The molecule has 1 fully saturated rings. The van der Waals surface area contributed by atoms with Gasteiger partial charge in [0.15, 0.2) is 0 Å². The van der Waals surface area contributed by atoms with Crippen molar-refractivity contribution >= 4 is 10.0 Å². The van der Waals surface area contributed by atoms with Crippen LogP contribution in [0.2, 0.25) is 0 Å². The molecule has 0 saturated carbocycles. The first kappa shape index (κ1) is 14.3. The van der Waals surface area contributed by atoms with Crippen LogP contribution < -0.4 is 0 Å². The van der Waals surface area contributed by atoms with Gasteiger partial charge in [-0.1, -0.05) is 48.5 Å². The largest absolute Gasteiger partial charge is 0.371 e. The zero-order valence-electron chi connectivity index (χ0n) is 11.6. The molecule has 0 radical (unpaired) electrons. The van der Waals surface area contributed by atoms with Crippen LogP contribution in [0.25, 0.3) is 0 Å². The molecule has 0 unspecified atom stereocenters. The first-order valence-electron chi connectivity index (χ1n) is 6.90. The Labute approximate surface area is 125 Å². The molecule has 1 atom stereocenters. The van der Waals surface area contributed by atoms with Crippen molar-refractivity contribution in [2.24, 2.45) is 0 Å². The highest BCUT2D eigenvalue weighted by Gasteiger charge is 2.31. The highest BCUT2D eigenvalue weighted by atomic mass is 32.2. The Morgan fingerprint density at radius 2 is 1.57 bits per heavy atom. The lowest BCUT2D eigenvalue weighted by molar-refractivity contribution is -0.00255. The summed E-state index contributed by atoms with van der Waals surface area (Å²) in [5, 5.41) is 0. The fourth-order valence-corrected chi connectivity index (χ4v) is 3.90. The van der Waals surface area contributed by atoms with Gasteiger partial charge in [0.05, 0.1) is 17.6 Å². The summed E-state index contributed by atoms with van der Waals surface area (Å²) in [5.74, 6) is 0. The minimum atomic E-state index is -3.45. The molecule has 2 aromatic rings. The molecule has 1 heterocycles. The molecule has 1 aliphatic rings. The lowest BCUT2D eigenvalue weighted by atomic mass is 10.1. The lowest BCUT2D eigenvalue weighted by Gasteiger charge is -2.32. The zero-order chi connectivity index (χ0) is 14.7. The molecule has 110 valence electrons. The van der Waals surface area contributed by atoms with Gasteiger partial charge in [-0.05, 0) is 17.7 Å². The van der Waals surface area contributed by atoms with E-state index in [2.05, 4.69) is 0 Å². The molecule has 0 amide bonds. The molecular weight excluding hydrogens is 286 g/mol. The van der Waals surface area contributed by atoms with Gasteiger partial charge in [0.25, 0.3) is 0 Å². The average molecular weight is 303 g/mol. The van der Waals surface area contributed by atoms with Crippen LogP contribution >= 0.6 is 0 Å². The normalized spacial score (nSPS) is 20.3. The molecule has 0 N–H and O–H groups in total. The number of benzene rings is 2. The van der Waals surface area contributed by atoms with Gasteiger partial charge in [0, 0.05) is 13.1 Å². The van der Waals surface area contributed by atoms with Crippen molar-refractivity contribution in [1.82, 2.24) is 4.31 Å². The summed E-state index contributed by atoms with van der Waals surface area (Å²) in [6.45, 7) is 1.15. The predicted molar refractivity (Wildman–Crippen MR) is 80.3 cm³/mol. The Kier molecular flexibility index (Phi) is 4.05. The van der Waals surface area contributed by atoms with Crippen LogP contribution in [0.3, 0.4) is 0 Å². The molecule has 4 nitrogen and oxygen atoms in total. The van der Waals surface area contributed by atoms with Crippen LogP contribution in [0.4, 0.5) is 0 Å². The zero-order valence-corrected chi connectivity index (χ0v) is 12.4. The van der Waals surface area contributed by atoms with Crippen LogP contribution in [-0.2, 0) is 14.8 Å². The first-order valence-corrected chi connectivity index (χ1v) is 8.34. The van der Waals surface area contributed by atoms with Crippen LogP contribution in [0, 0.1) is 0 Å². The monoisotopic (exact) mass is 303 g/mol. The van der Waals surface area contributed by atoms with E-state index in [-0.39, 0.29) is 6.10 Å². The third-order valence-electron chi connectivity index (χ3n) is 3.58. The molecule has 1 saturated heterocycles. The molecule has 21 heavy (non-hydrogen) atoms. The Bertz CT molecular complexity index is 686. The Hall–Kier alpha value is -1.69. The summed E-state index contributed by atoms with van der Waals surface area (Å²) in [7, 11) is -3.45. The van der Waals surface area contributed by atoms with Crippen LogP contribution in [-0.4, -0.2) is 32.4 Å². The molecule has 0 aliphatic carbocycles. The van der Waals surface area contributed by atoms with Gasteiger partial charge in [-0.2, -0.15) is 4.31 Å². The fraction of sp³-hybridized carbons (Fsp3) is 0.250. The van der Waals surface area contributed by atoms with E-state index < -0.39 is 10.0 Å². The standard InChI is InChI=1S/C16H17NO3S/c18-21(19,15-9-5-2-6-10-15)17-11-12-20-16(13-17)14-7-3-1-4-8-14/h1-10,16H,11-13H2/t16-/m0/s1. The fourth-order valence-electron chi connectivity index (χ4n) is 2.45. The van der Waals surface area contributed by atoms with Crippen molar-refractivity contribution in [3.63, 3.8) is 0 Å². The van der Waals surface area contributed by atoms with Crippen molar-refractivity contribution in [3.05, 3.63) is 66.2 Å². The summed E-state index contributed by atoms with van der Waals surface area (Å²) in [6.07, 6.45) is -0.210. The van der Waals surface area contributed by atoms with Gasteiger partial charge >= 0.3 is 0 Å². The number of sulfonamides is 1. The maximum atomic E-state index is 12.6. The van der Waals surface area contributed by atoms with Crippen LogP contribution in [0.5, 0.6) is 0 Å².